The van der Waals surface area contributed by atoms with Gasteiger partial charge in [-0.15, -0.1) is 0 Å². The molecule has 0 aliphatic carbocycles. The Morgan fingerprint density at radius 2 is 1.19 bits per heavy atom. The molecular formula is C12H13NPS2+. The molecule has 4 heteroatoms. The maximum Gasteiger partial charge on any atom is 0.232 e. The van der Waals surface area contributed by atoms with Crippen LogP contribution >= 0.6 is 17.2 Å². The number of quaternary nitrogens is 1. The normalized spacial score (nSPS) is 11.4. The van der Waals surface area contributed by atoms with Crippen molar-refractivity contribution in [1.82, 2.24) is 0 Å². The lowest BCUT2D eigenvalue weighted by molar-refractivity contribution is -0.132. The van der Waals surface area contributed by atoms with Gasteiger partial charge in [-0.2, -0.15) is 0 Å². The molecule has 0 fully saturated rings. The molecule has 0 aliphatic rings. The van der Waals surface area contributed by atoms with Gasteiger partial charge in [-0.3, -0.25) is 5.14 Å². The zero-order valence-electron chi connectivity index (χ0n) is 8.74. The van der Waals surface area contributed by atoms with Crippen LogP contribution in [0.5, 0.6) is 0 Å². The Morgan fingerprint density at radius 3 is 1.50 bits per heavy atom. The summed E-state index contributed by atoms with van der Waals surface area (Å²) in [5, 5.41) is 6.41. The van der Waals surface area contributed by atoms with Crippen molar-refractivity contribution in [2.24, 2.45) is 0 Å². The van der Waals surface area contributed by atoms with Gasteiger partial charge in [0.2, 0.25) is 11.6 Å². The molecule has 0 unspecified atom stereocenters. The van der Waals surface area contributed by atoms with E-state index in [-0.39, 0.29) is 0 Å². The molecule has 0 saturated heterocycles. The van der Waals surface area contributed by atoms with Gasteiger partial charge in [0.1, 0.15) is 0 Å². The average Bonchev–Trinajstić information content (AvgIpc) is 2.40. The van der Waals surface area contributed by atoms with Gasteiger partial charge in [-0.1, -0.05) is 36.4 Å². The van der Waals surface area contributed by atoms with Crippen molar-refractivity contribution >= 4 is 40.1 Å². The monoisotopic (exact) mass is 266 g/mol. The van der Waals surface area contributed by atoms with Gasteiger partial charge in [-0.05, 0) is 24.3 Å². The van der Waals surface area contributed by atoms with Crippen molar-refractivity contribution in [3.05, 3.63) is 60.7 Å². The summed E-state index contributed by atoms with van der Waals surface area (Å²) in [7, 11) is 0. The first-order valence-electron chi connectivity index (χ1n) is 4.92. The molecule has 0 spiro atoms. The molecule has 0 aromatic heterocycles. The van der Waals surface area contributed by atoms with E-state index >= 15 is 0 Å². The quantitative estimate of drug-likeness (QED) is 0.522. The van der Waals surface area contributed by atoms with E-state index in [0.717, 1.165) is 0 Å². The zero-order chi connectivity index (χ0) is 11.4. The van der Waals surface area contributed by atoms with E-state index < -0.39 is 5.67 Å². The largest absolute Gasteiger partial charge is 0.528 e. The molecule has 0 bridgehead atoms. The Labute approximate surface area is 106 Å². The molecule has 2 aromatic rings. The smallest absolute Gasteiger partial charge is 0.232 e. The lowest BCUT2D eigenvalue weighted by atomic mass is 10.4. The van der Waals surface area contributed by atoms with Gasteiger partial charge < -0.3 is 12.2 Å². The van der Waals surface area contributed by atoms with Crippen LogP contribution in [0.15, 0.2) is 60.7 Å². The first-order valence-corrected chi connectivity index (χ1v) is 9.32. The third kappa shape index (κ3) is 2.28. The van der Waals surface area contributed by atoms with Gasteiger partial charge in [0, 0.05) is 0 Å². The van der Waals surface area contributed by atoms with Gasteiger partial charge in [0.05, 0.1) is 16.3 Å². The van der Waals surface area contributed by atoms with E-state index in [1.807, 2.05) is 36.4 Å². The third-order valence-corrected chi connectivity index (χ3v) is 9.26. The molecule has 0 heterocycles. The van der Waals surface area contributed by atoms with Crippen LogP contribution in [-0.2, 0) is 12.2 Å². The maximum absolute atomic E-state index is 5.85. The molecule has 2 aromatic carbocycles. The highest BCUT2D eigenvalue weighted by molar-refractivity contribution is 8.88. The SMILES string of the molecule is [NH3+]S[P+]([S-])(c1ccccc1)c1ccccc1. The molecule has 1 nitrogen and oxygen atoms in total. The Morgan fingerprint density at radius 1 is 0.812 bits per heavy atom. The van der Waals surface area contributed by atoms with Crippen molar-refractivity contribution in [2.75, 3.05) is 0 Å². The van der Waals surface area contributed by atoms with E-state index in [1.54, 1.807) is 11.6 Å². The van der Waals surface area contributed by atoms with Crippen LogP contribution < -0.4 is 15.7 Å². The van der Waals surface area contributed by atoms with Gasteiger partial charge in [0.15, 0.2) is 0 Å². The topological polar surface area (TPSA) is 27.6 Å². The van der Waals surface area contributed by atoms with Crippen LogP contribution in [0.25, 0.3) is 0 Å². The second-order valence-electron chi connectivity index (χ2n) is 3.35. The summed E-state index contributed by atoms with van der Waals surface area (Å²) in [5.74, 6) is 0. The summed E-state index contributed by atoms with van der Waals surface area (Å²) in [6.45, 7) is 0. The highest BCUT2D eigenvalue weighted by Crippen LogP contribution is 2.62. The molecule has 0 atom stereocenters. The van der Waals surface area contributed by atoms with Gasteiger partial charge in [-0.25, -0.2) is 0 Å². The van der Waals surface area contributed by atoms with Crippen molar-refractivity contribution in [1.29, 1.82) is 0 Å². The van der Waals surface area contributed by atoms with Crippen LogP contribution in [0.4, 0.5) is 0 Å². The Balaban J connectivity index is 2.49. The molecule has 0 saturated carbocycles. The van der Waals surface area contributed by atoms with Crippen LogP contribution in [-0.4, -0.2) is 0 Å². The van der Waals surface area contributed by atoms with Crippen molar-refractivity contribution < 1.29 is 5.14 Å². The summed E-state index contributed by atoms with van der Waals surface area (Å²) < 4.78 is 0. The van der Waals surface area contributed by atoms with Crippen LogP contribution in [0.1, 0.15) is 0 Å². The van der Waals surface area contributed by atoms with E-state index in [9.17, 15) is 0 Å². The fraction of sp³-hybridized carbons (Fsp3) is 0. The second kappa shape index (κ2) is 5.24. The van der Waals surface area contributed by atoms with Crippen molar-refractivity contribution in [3.8, 4) is 0 Å². The molecule has 16 heavy (non-hydrogen) atoms. The molecule has 0 amide bonds. The van der Waals surface area contributed by atoms with Crippen LogP contribution in [0, 0.1) is 0 Å². The van der Waals surface area contributed by atoms with Crippen molar-refractivity contribution in [3.63, 3.8) is 0 Å². The lowest BCUT2D eigenvalue weighted by Gasteiger charge is -2.25. The van der Waals surface area contributed by atoms with E-state index in [2.05, 4.69) is 29.4 Å². The summed E-state index contributed by atoms with van der Waals surface area (Å²) in [6, 6.07) is 20.6. The first-order chi connectivity index (χ1) is 7.77. The summed E-state index contributed by atoms with van der Waals surface area (Å²) >= 11 is 7.40. The van der Waals surface area contributed by atoms with Crippen LogP contribution in [0.3, 0.4) is 0 Å². The predicted molar refractivity (Wildman–Crippen MR) is 76.9 cm³/mol. The number of hydrogen-bond acceptors (Lipinski definition) is 2. The second-order valence-corrected chi connectivity index (χ2v) is 10.5. The molecule has 0 aliphatic heterocycles. The zero-order valence-corrected chi connectivity index (χ0v) is 11.3. The summed E-state index contributed by atoms with van der Waals surface area (Å²) in [4.78, 5) is 0. The van der Waals surface area contributed by atoms with E-state index in [1.165, 1.54) is 10.6 Å². The fourth-order valence-electron chi connectivity index (χ4n) is 1.55. The maximum atomic E-state index is 5.85. The van der Waals surface area contributed by atoms with Crippen molar-refractivity contribution in [2.45, 2.75) is 0 Å². The summed E-state index contributed by atoms with van der Waals surface area (Å²) in [5.41, 5.74) is -1.77. The average molecular weight is 266 g/mol. The Hall–Kier alpha value is -0.470. The highest BCUT2D eigenvalue weighted by Gasteiger charge is 2.32. The molecule has 82 valence electrons. The Kier molecular flexibility index (Phi) is 3.93. The van der Waals surface area contributed by atoms with E-state index in [0.29, 0.717) is 0 Å². The van der Waals surface area contributed by atoms with Gasteiger partial charge >= 0.3 is 0 Å². The molecule has 3 N–H and O–H groups in total. The Bertz CT molecular complexity index is 408. The van der Waals surface area contributed by atoms with E-state index in [4.69, 9.17) is 12.2 Å². The molecule has 2 rings (SSSR count). The molecule has 0 radical (unpaired) electrons. The minimum atomic E-state index is -1.77. The minimum Gasteiger partial charge on any atom is -0.528 e. The highest BCUT2D eigenvalue weighted by atomic mass is 33.1. The third-order valence-electron chi connectivity index (χ3n) is 2.37. The molecular weight excluding hydrogens is 253 g/mol. The lowest BCUT2D eigenvalue weighted by Crippen LogP contribution is -2.40. The minimum absolute atomic E-state index is 1.22. The van der Waals surface area contributed by atoms with Gasteiger partial charge in [0.25, 0.3) is 0 Å². The number of hydrogen-bond donors (Lipinski definition) is 1. The number of rotatable bonds is 3. The predicted octanol–water partition coefficient (Wildman–Crippen LogP) is 1.92. The standard InChI is InChI=1S/C12H12NPS2/c13-16-14(15,11-7-3-1-4-8-11)12-9-5-2-6-10-12/h1-10H,13H2/p+1. The number of benzene rings is 2. The van der Waals surface area contributed by atoms with Crippen LogP contribution in [0.2, 0.25) is 0 Å². The fourth-order valence-corrected chi connectivity index (χ4v) is 5.63. The first kappa shape index (κ1) is 12.0. The summed E-state index contributed by atoms with van der Waals surface area (Å²) in [6.07, 6.45) is 0.